The summed E-state index contributed by atoms with van der Waals surface area (Å²) in [5.41, 5.74) is 4.73. The molecule has 220 valence electrons. The van der Waals surface area contributed by atoms with Crippen LogP contribution >= 0.6 is 0 Å². The van der Waals surface area contributed by atoms with Gasteiger partial charge in [-0.05, 0) is 71.9 Å². The Morgan fingerprint density at radius 2 is 1.64 bits per heavy atom. The van der Waals surface area contributed by atoms with E-state index >= 15 is 0 Å². The highest BCUT2D eigenvalue weighted by molar-refractivity contribution is 5.87. The molecule has 1 atom stereocenters. The Labute approximate surface area is 247 Å². The van der Waals surface area contributed by atoms with E-state index in [2.05, 4.69) is 78.4 Å². The highest BCUT2D eigenvalue weighted by atomic mass is 16.5. The van der Waals surface area contributed by atoms with Gasteiger partial charge < -0.3 is 9.84 Å². The largest absolute Gasteiger partial charge is 0.488 e. The van der Waals surface area contributed by atoms with Crippen molar-refractivity contribution in [3.63, 3.8) is 0 Å². The number of carboxylic acid groups (broad SMARTS) is 1. The van der Waals surface area contributed by atoms with Crippen LogP contribution < -0.4 is 10.4 Å². The molecule has 0 aliphatic carbocycles. The topological polar surface area (TPSA) is 108 Å². The molecule has 0 aliphatic heterocycles. The van der Waals surface area contributed by atoms with Crippen molar-refractivity contribution in [2.24, 2.45) is 5.92 Å². The summed E-state index contributed by atoms with van der Waals surface area (Å²) in [6, 6.07) is 23.8. The number of nitrogens with zero attached hydrogens (tertiary/aromatic N) is 1. The molecule has 1 heterocycles. The molecule has 0 bridgehead atoms. The summed E-state index contributed by atoms with van der Waals surface area (Å²) in [5.74, 6) is 0.938. The van der Waals surface area contributed by atoms with Gasteiger partial charge in [-0.1, -0.05) is 93.9 Å². The van der Waals surface area contributed by atoms with Crippen LogP contribution in [-0.2, 0) is 24.9 Å². The maximum atomic E-state index is 11.3. The number of carboxylic acids is 1. The van der Waals surface area contributed by atoms with Crippen molar-refractivity contribution in [3.05, 3.63) is 123 Å². The van der Waals surface area contributed by atoms with Crippen molar-refractivity contribution in [2.45, 2.75) is 71.3 Å². The number of para-hydroxylation sites is 1. The van der Waals surface area contributed by atoms with Crippen molar-refractivity contribution >= 4 is 12.0 Å². The lowest BCUT2D eigenvalue weighted by Gasteiger charge is -2.19. The minimum atomic E-state index is -0.913. The molecular formula is C35H41N3O4. The number of aromatic amines is 2. The number of aromatic carboxylic acids is 1. The number of aromatic nitrogens is 3. The molecule has 0 spiro atoms. The number of hydrogen-bond acceptors (Lipinski definition) is 4. The first-order chi connectivity index (χ1) is 20.2. The average Bonchev–Trinajstić information content (AvgIpc) is 3.40. The third-order valence-corrected chi connectivity index (χ3v) is 7.47. The van der Waals surface area contributed by atoms with Gasteiger partial charge in [0.25, 0.3) is 0 Å². The van der Waals surface area contributed by atoms with Gasteiger partial charge in [0.15, 0.2) is 0 Å². The number of hydrogen-bond donors (Lipinski definition) is 3. The Morgan fingerprint density at radius 1 is 0.929 bits per heavy atom. The number of aryl methyl sites for hydroxylation is 2. The van der Waals surface area contributed by atoms with E-state index in [9.17, 15) is 14.7 Å². The van der Waals surface area contributed by atoms with Crippen LogP contribution in [-0.4, -0.2) is 26.3 Å². The molecular weight excluding hydrogens is 526 g/mol. The fourth-order valence-corrected chi connectivity index (χ4v) is 4.88. The Bertz CT molecular complexity index is 1510. The smallest absolute Gasteiger partial charge is 0.340 e. The molecule has 1 aromatic heterocycles. The molecule has 1 unspecified atom stereocenters. The second-order valence-electron chi connectivity index (χ2n) is 11.8. The number of unbranched alkanes of at least 4 members (excludes halogenated alkanes) is 1. The molecule has 4 aromatic rings. The van der Waals surface area contributed by atoms with E-state index < -0.39 is 5.97 Å². The van der Waals surface area contributed by atoms with Crippen molar-refractivity contribution in [1.29, 1.82) is 0 Å². The molecule has 0 saturated carbocycles. The van der Waals surface area contributed by atoms with Gasteiger partial charge >= 0.3 is 11.7 Å². The van der Waals surface area contributed by atoms with Gasteiger partial charge in [0.2, 0.25) is 0 Å². The van der Waals surface area contributed by atoms with Crippen LogP contribution in [0.4, 0.5) is 0 Å². The number of allylic oxidation sites excluding steroid dienone is 1. The van der Waals surface area contributed by atoms with Gasteiger partial charge in [-0.25, -0.2) is 14.7 Å². The monoisotopic (exact) mass is 567 g/mol. The van der Waals surface area contributed by atoms with Crippen molar-refractivity contribution in [1.82, 2.24) is 15.2 Å². The van der Waals surface area contributed by atoms with E-state index in [0.29, 0.717) is 23.9 Å². The number of rotatable bonds is 14. The lowest BCUT2D eigenvalue weighted by atomic mass is 9.87. The third-order valence-electron chi connectivity index (χ3n) is 7.47. The summed E-state index contributed by atoms with van der Waals surface area (Å²) >= 11 is 0. The minimum Gasteiger partial charge on any atom is -0.488 e. The van der Waals surface area contributed by atoms with Crippen LogP contribution in [0.3, 0.4) is 0 Å². The quantitative estimate of drug-likeness (QED) is 0.138. The Balaban J connectivity index is 1.40. The maximum absolute atomic E-state index is 11.3. The Hall–Kier alpha value is -4.39. The fourth-order valence-electron chi connectivity index (χ4n) is 4.88. The summed E-state index contributed by atoms with van der Waals surface area (Å²) in [6.45, 7) is 7.14. The van der Waals surface area contributed by atoms with E-state index in [0.717, 1.165) is 61.0 Å². The van der Waals surface area contributed by atoms with E-state index in [1.54, 1.807) is 12.1 Å². The molecule has 42 heavy (non-hydrogen) atoms. The van der Waals surface area contributed by atoms with Crippen molar-refractivity contribution < 1.29 is 14.6 Å². The standard InChI is InChI=1S/C35H41N3O4/c1-35(2,3)30-22-17-27(18-23-30)24-42-31-10-6-5-9-28(31)19-14-25(8-4-7-11-32-36-34(41)38-37-32)12-13-26-15-20-29(21-16-26)33(39)40/h5-6,9-10,14-23,25H,4,7-8,11-13,24H2,1-3H3,(H,39,40)(H2,36,37,38,41). The van der Waals surface area contributed by atoms with Gasteiger partial charge in [-0.3, -0.25) is 4.98 Å². The lowest BCUT2D eigenvalue weighted by molar-refractivity contribution is 0.0697. The van der Waals surface area contributed by atoms with E-state index in [1.807, 2.05) is 30.3 Å². The number of ether oxygens (including phenoxy) is 1. The normalized spacial score (nSPS) is 12.5. The molecule has 7 heteroatoms. The molecule has 0 aliphatic rings. The molecule has 0 radical (unpaired) electrons. The predicted molar refractivity (Wildman–Crippen MR) is 167 cm³/mol. The van der Waals surface area contributed by atoms with Crippen LogP contribution in [0.2, 0.25) is 0 Å². The maximum Gasteiger partial charge on any atom is 0.340 e. The average molecular weight is 568 g/mol. The molecule has 0 amide bonds. The fraction of sp³-hybridized carbons (Fsp3) is 0.343. The van der Waals surface area contributed by atoms with Gasteiger partial charge in [0.1, 0.15) is 18.2 Å². The first kappa shape index (κ1) is 30.6. The van der Waals surface area contributed by atoms with E-state index in [1.165, 1.54) is 5.56 Å². The first-order valence-corrected chi connectivity index (χ1v) is 14.6. The highest BCUT2D eigenvalue weighted by Crippen LogP contribution is 2.26. The second kappa shape index (κ2) is 14.5. The number of benzene rings is 3. The molecule has 0 saturated heterocycles. The zero-order valence-corrected chi connectivity index (χ0v) is 24.7. The third kappa shape index (κ3) is 9.33. The molecule has 4 rings (SSSR count). The van der Waals surface area contributed by atoms with Crippen LogP contribution in [0.1, 0.15) is 84.9 Å². The summed E-state index contributed by atoms with van der Waals surface area (Å²) in [6.07, 6.45) is 9.83. The van der Waals surface area contributed by atoms with Crippen LogP contribution in [0.5, 0.6) is 5.75 Å². The zero-order valence-electron chi connectivity index (χ0n) is 24.7. The Morgan fingerprint density at radius 3 is 2.31 bits per heavy atom. The van der Waals surface area contributed by atoms with Crippen LogP contribution in [0.25, 0.3) is 6.08 Å². The summed E-state index contributed by atoms with van der Waals surface area (Å²) in [7, 11) is 0. The first-order valence-electron chi connectivity index (χ1n) is 14.6. The number of H-pyrrole nitrogens is 2. The van der Waals surface area contributed by atoms with E-state index in [-0.39, 0.29) is 11.1 Å². The second-order valence-corrected chi connectivity index (χ2v) is 11.8. The molecule has 3 aromatic carbocycles. The SMILES string of the molecule is CC(C)(C)c1ccc(COc2ccccc2C=CC(CCCCc2n[nH]c(=O)[nH]2)CCc2ccc(C(=O)O)cc2)cc1. The molecule has 7 nitrogen and oxygen atoms in total. The molecule has 3 N–H and O–H groups in total. The van der Waals surface area contributed by atoms with Crippen molar-refractivity contribution in [2.75, 3.05) is 0 Å². The summed E-state index contributed by atoms with van der Waals surface area (Å²) in [4.78, 5) is 25.2. The predicted octanol–water partition coefficient (Wildman–Crippen LogP) is 7.35. The van der Waals surface area contributed by atoms with Gasteiger partial charge in [-0.2, -0.15) is 5.10 Å². The van der Waals surface area contributed by atoms with E-state index in [4.69, 9.17) is 4.74 Å². The number of carbonyl (C=O) groups is 1. The van der Waals surface area contributed by atoms with Gasteiger partial charge in [-0.15, -0.1) is 0 Å². The minimum absolute atomic E-state index is 0.118. The lowest BCUT2D eigenvalue weighted by Crippen LogP contribution is -2.10. The van der Waals surface area contributed by atoms with Gasteiger partial charge in [0.05, 0.1) is 5.56 Å². The van der Waals surface area contributed by atoms with Crippen LogP contribution in [0.15, 0.2) is 83.7 Å². The summed E-state index contributed by atoms with van der Waals surface area (Å²) in [5, 5.41) is 15.6. The summed E-state index contributed by atoms with van der Waals surface area (Å²) < 4.78 is 6.25. The number of nitrogens with one attached hydrogen (secondary N) is 2. The molecule has 0 fully saturated rings. The highest BCUT2D eigenvalue weighted by Gasteiger charge is 2.13. The zero-order chi connectivity index (χ0) is 30.0. The van der Waals surface area contributed by atoms with Gasteiger partial charge in [0, 0.05) is 12.0 Å². The van der Waals surface area contributed by atoms with Crippen molar-refractivity contribution in [3.8, 4) is 5.75 Å². The van der Waals surface area contributed by atoms with Crippen LogP contribution in [0, 0.1) is 5.92 Å². The Kier molecular flexibility index (Phi) is 10.5.